The monoisotopic (exact) mass is 357 g/mol. The Labute approximate surface area is 130 Å². The molecule has 0 aliphatic carbocycles. The van der Waals surface area contributed by atoms with Gasteiger partial charge < -0.3 is 4.74 Å². The predicted molar refractivity (Wildman–Crippen MR) is 80.0 cm³/mol. The molecule has 0 N–H and O–H groups in total. The molecule has 0 saturated heterocycles. The van der Waals surface area contributed by atoms with E-state index < -0.39 is 22.7 Å². The number of nitrogens with zero attached hydrogens (tertiary/aromatic N) is 1. The minimum absolute atomic E-state index is 0.132. The summed E-state index contributed by atoms with van der Waals surface area (Å²) in [6, 6.07) is 4.54. The molecule has 1 aromatic rings. The van der Waals surface area contributed by atoms with Gasteiger partial charge in [-0.25, -0.2) is 0 Å². The highest BCUT2D eigenvalue weighted by molar-refractivity contribution is 9.10. The highest BCUT2D eigenvalue weighted by Crippen LogP contribution is 2.34. The number of ketones is 1. The molecule has 0 fully saturated rings. The number of carbonyl (C=O) groups is 2. The van der Waals surface area contributed by atoms with Crippen molar-refractivity contribution >= 4 is 33.4 Å². The zero-order valence-corrected chi connectivity index (χ0v) is 13.5. The Balaban J connectivity index is 3.27. The van der Waals surface area contributed by atoms with Crippen molar-refractivity contribution in [2.75, 3.05) is 6.61 Å². The van der Waals surface area contributed by atoms with Crippen LogP contribution in [0, 0.1) is 16.0 Å². The van der Waals surface area contributed by atoms with Gasteiger partial charge in [0.1, 0.15) is 11.7 Å². The third kappa shape index (κ3) is 4.10. The van der Waals surface area contributed by atoms with Gasteiger partial charge in [0.25, 0.3) is 5.69 Å². The van der Waals surface area contributed by atoms with E-state index >= 15 is 0 Å². The molecule has 0 aliphatic rings. The molecular weight excluding hydrogens is 342 g/mol. The number of halogens is 1. The van der Waals surface area contributed by atoms with Crippen molar-refractivity contribution in [1.29, 1.82) is 0 Å². The van der Waals surface area contributed by atoms with E-state index in [0.29, 0.717) is 10.0 Å². The van der Waals surface area contributed by atoms with Crippen LogP contribution in [0.15, 0.2) is 22.7 Å². The molecule has 0 aliphatic heterocycles. The van der Waals surface area contributed by atoms with Crippen LogP contribution in [0.25, 0.3) is 0 Å². The molecule has 21 heavy (non-hydrogen) atoms. The van der Waals surface area contributed by atoms with Crippen molar-refractivity contribution in [3.05, 3.63) is 38.3 Å². The van der Waals surface area contributed by atoms with Crippen LogP contribution in [0.4, 0.5) is 5.69 Å². The Hall–Kier alpha value is -1.76. The lowest BCUT2D eigenvalue weighted by atomic mass is 9.84. The summed E-state index contributed by atoms with van der Waals surface area (Å²) in [5.41, 5.74) is 0.198. The van der Waals surface area contributed by atoms with Gasteiger partial charge in [-0.15, -0.1) is 0 Å². The van der Waals surface area contributed by atoms with E-state index in [4.69, 9.17) is 4.74 Å². The van der Waals surface area contributed by atoms with Crippen LogP contribution in [0.2, 0.25) is 0 Å². The molecule has 1 aromatic carbocycles. The summed E-state index contributed by atoms with van der Waals surface area (Å²) in [6.45, 7) is 4.68. The SMILES string of the molecule is CCOC(=O)C(C(C)=O)C(C)c1ccc(Br)cc1[N+](=O)[O-]. The molecule has 6 nitrogen and oxygen atoms in total. The van der Waals surface area contributed by atoms with Crippen LogP contribution in [-0.2, 0) is 14.3 Å². The van der Waals surface area contributed by atoms with Gasteiger partial charge in [0.05, 0.1) is 11.5 Å². The van der Waals surface area contributed by atoms with Gasteiger partial charge in [0, 0.05) is 22.0 Å². The molecule has 1 rings (SSSR count). The maximum atomic E-state index is 11.9. The molecule has 0 heterocycles. The molecular formula is C14H16BrNO5. The summed E-state index contributed by atoms with van der Waals surface area (Å²) < 4.78 is 5.45. The zero-order valence-electron chi connectivity index (χ0n) is 12.0. The second-order valence-electron chi connectivity index (χ2n) is 4.59. The fourth-order valence-corrected chi connectivity index (χ4v) is 2.54. The lowest BCUT2D eigenvalue weighted by molar-refractivity contribution is -0.385. The maximum absolute atomic E-state index is 11.9. The number of nitro groups is 1. The normalized spacial score (nSPS) is 13.3. The smallest absolute Gasteiger partial charge is 0.317 e. The Morgan fingerprint density at radius 3 is 2.52 bits per heavy atom. The third-order valence-electron chi connectivity index (χ3n) is 3.16. The number of nitro benzene ring substituents is 1. The van der Waals surface area contributed by atoms with E-state index in [1.165, 1.54) is 13.0 Å². The minimum atomic E-state index is -1.05. The van der Waals surface area contributed by atoms with E-state index in [1.54, 1.807) is 26.0 Å². The quantitative estimate of drug-likeness (QED) is 0.337. The Morgan fingerprint density at radius 2 is 2.05 bits per heavy atom. The second-order valence-corrected chi connectivity index (χ2v) is 5.50. The average Bonchev–Trinajstić information content (AvgIpc) is 2.38. The summed E-state index contributed by atoms with van der Waals surface area (Å²) in [6.07, 6.45) is 0. The van der Waals surface area contributed by atoms with Gasteiger partial charge in [0.2, 0.25) is 0 Å². The van der Waals surface area contributed by atoms with Gasteiger partial charge in [-0.1, -0.05) is 28.9 Å². The Kier molecular flexibility index (Phi) is 6.02. The number of esters is 1. The Bertz CT molecular complexity index is 572. The van der Waals surface area contributed by atoms with Crippen LogP contribution in [0.5, 0.6) is 0 Å². The van der Waals surface area contributed by atoms with Crippen LogP contribution < -0.4 is 0 Å². The van der Waals surface area contributed by atoms with Gasteiger partial charge in [-0.05, 0) is 19.9 Å². The van der Waals surface area contributed by atoms with Crippen LogP contribution in [-0.4, -0.2) is 23.3 Å². The number of hydrogen-bond acceptors (Lipinski definition) is 5. The first-order valence-corrected chi connectivity index (χ1v) is 7.19. The lowest BCUT2D eigenvalue weighted by Gasteiger charge is -2.20. The van der Waals surface area contributed by atoms with Crippen molar-refractivity contribution < 1.29 is 19.2 Å². The van der Waals surface area contributed by atoms with Crippen molar-refractivity contribution in [1.82, 2.24) is 0 Å². The molecule has 114 valence electrons. The van der Waals surface area contributed by atoms with Crippen molar-refractivity contribution in [2.45, 2.75) is 26.7 Å². The van der Waals surface area contributed by atoms with Gasteiger partial charge in [0.15, 0.2) is 0 Å². The number of ether oxygens (including phenoxy) is 1. The summed E-state index contributed by atoms with van der Waals surface area (Å²) in [5.74, 6) is -2.73. The molecule has 0 spiro atoms. The topological polar surface area (TPSA) is 86.5 Å². The summed E-state index contributed by atoms with van der Waals surface area (Å²) in [5, 5.41) is 11.2. The molecule has 0 aromatic heterocycles. The highest BCUT2D eigenvalue weighted by atomic mass is 79.9. The van der Waals surface area contributed by atoms with E-state index in [-0.39, 0.29) is 18.1 Å². The van der Waals surface area contributed by atoms with Crippen LogP contribution in [0.3, 0.4) is 0 Å². The maximum Gasteiger partial charge on any atom is 0.317 e. The molecule has 2 unspecified atom stereocenters. The first-order chi connectivity index (χ1) is 9.79. The third-order valence-corrected chi connectivity index (χ3v) is 3.65. The van der Waals surface area contributed by atoms with E-state index in [1.807, 2.05) is 0 Å². The number of hydrogen-bond donors (Lipinski definition) is 0. The van der Waals surface area contributed by atoms with Crippen molar-refractivity contribution in [3.8, 4) is 0 Å². The first-order valence-electron chi connectivity index (χ1n) is 6.40. The van der Waals surface area contributed by atoms with Crippen LogP contribution >= 0.6 is 15.9 Å². The molecule has 0 saturated carbocycles. The largest absolute Gasteiger partial charge is 0.465 e. The predicted octanol–water partition coefficient (Wildman–Crippen LogP) is 3.23. The average molecular weight is 358 g/mol. The summed E-state index contributed by atoms with van der Waals surface area (Å²) >= 11 is 3.17. The van der Waals surface area contributed by atoms with Gasteiger partial charge in [-0.2, -0.15) is 0 Å². The Morgan fingerprint density at radius 1 is 1.43 bits per heavy atom. The van der Waals surface area contributed by atoms with Crippen LogP contribution in [0.1, 0.15) is 32.3 Å². The number of Topliss-reactive ketones (excluding diaryl/α,β-unsaturated/α-hetero) is 1. The van der Waals surface area contributed by atoms with E-state index in [9.17, 15) is 19.7 Å². The van der Waals surface area contributed by atoms with Gasteiger partial charge in [-0.3, -0.25) is 19.7 Å². The minimum Gasteiger partial charge on any atom is -0.465 e. The van der Waals surface area contributed by atoms with Crippen molar-refractivity contribution in [2.24, 2.45) is 5.92 Å². The molecule has 7 heteroatoms. The molecule has 0 radical (unpaired) electrons. The number of rotatable bonds is 6. The number of benzene rings is 1. The van der Waals surface area contributed by atoms with Crippen molar-refractivity contribution in [3.63, 3.8) is 0 Å². The van der Waals surface area contributed by atoms with E-state index in [0.717, 1.165) is 0 Å². The molecule has 0 amide bonds. The van der Waals surface area contributed by atoms with Gasteiger partial charge >= 0.3 is 5.97 Å². The number of carbonyl (C=O) groups excluding carboxylic acids is 2. The second kappa shape index (κ2) is 7.31. The molecule has 2 atom stereocenters. The fourth-order valence-electron chi connectivity index (χ4n) is 2.19. The highest BCUT2D eigenvalue weighted by Gasteiger charge is 2.35. The fraction of sp³-hybridized carbons (Fsp3) is 0.429. The molecule has 0 bridgehead atoms. The standard InChI is InChI=1S/C14H16BrNO5/c1-4-21-14(18)13(9(3)17)8(2)11-6-5-10(15)7-12(11)16(19)20/h5-8,13H,4H2,1-3H3. The van der Waals surface area contributed by atoms with E-state index in [2.05, 4.69) is 15.9 Å². The lowest BCUT2D eigenvalue weighted by Crippen LogP contribution is -2.29. The zero-order chi connectivity index (χ0) is 16.2. The summed E-state index contributed by atoms with van der Waals surface area (Å²) in [7, 11) is 0. The first kappa shape index (κ1) is 17.3. The summed E-state index contributed by atoms with van der Waals surface area (Å²) in [4.78, 5) is 34.3.